The molecule has 2 N–H and O–H groups in total. The van der Waals surface area contributed by atoms with E-state index in [2.05, 4.69) is 5.32 Å². The summed E-state index contributed by atoms with van der Waals surface area (Å²) in [6.07, 6.45) is 0. The highest BCUT2D eigenvalue weighted by Crippen LogP contribution is 2.18. The molecule has 16 heavy (non-hydrogen) atoms. The Morgan fingerprint density at radius 3 is 2.00 bits per heavy atom. The molecule has 0 heterocycles. The fourth-order valence-electron chi connectivity index (χ4n) is 0.845. The maximum Gasteiger partial charge on any atom is 0.326 e. The van der Waals surface area contributed by atoms with E-state index in [0.717, 1.165) is 0 Å². The van der Waals surface area contributed by atoms with Crippen LogP contribution in [0.3, 0.4) is 0 Å². The number of hydrogen-bond donors (Lipinski definition) is 2. The molecular weight excluding hydrogens is 208 g/mol. The van der Waals surface area contributed by atoms with Gasteiger partial charge in [0.25, 0.3) is 0 Å². The first-order valence-electron chi connectivity index (χ1n) is 5.33. The summed E-state index contributed by atoms with van der Waals surface area (Å²) in [5.41, 5.74) is -0.0526. The van der Waals surface area contributed by atoms with Gasteiger partial charge in [0.05, 0.1) is 0 Å². The predicted molar refractivity (Wildman–Crippen MR) is 62.3 cm³/mol. The second-order valence-electron chi connectivity index (χ2n) is 5.16. The van der Waals surface area contributed by atoms with E-state index >= 15 is 0 Å². The van der Waals surface area contributed by atoms with Gasteiger partial charge in [-0.05, 0) is 19.3 Å². The van der Waals surface area contributed by atoms with Gasteiger partial charge < -0.3 is 15.3 Å². The van der Waals surface area contributed by atoms with Gasteiger partial charge in [0.1, 0.15) is 6.04 Å². The number of carbonyl (C=O) groups excluding carboxylic acids is 1. The van der Waals surface area contributed by atoms with Crippen LogP contribution in [0.15, 0.2) is 0 Å². The summed E-state index contributed by atoms with van der Waals surface area (Å²) in [5, 5.41) is 11.6. The van der Waals surface area contributed by atoms with Crippen molar-refractivity contribution in [2.75, 3.05) is 7.05 Å². The van der Waals surface area contributed by atoms with Crippen LogP contribution in [0.4, 0.5) is 4.79 Å². The number of carboxylic acid groups (broad SMARTS) is 1. The molecule has 0 aliphatic heterocycles. The van der Waals surface area contributed by atoms with Gasteiger partial charge in [-0.3, -0.25) is 0 Å². The lowest BCUT2D eigenvalue weighted by Gasteiger charge is -2.31. The molecule has 0 bridgehead atoms. The molecule has 2 amide bonds. The molecule has 0 aromatic carbocycles. The molecule has 0 aliphatic carbocycles. The number of hydrogen-bond acceptors (Lipinski definition) is 2. The van der Waals surface area contributed by atoms with Crippen molar-refractivity contribution in [2.45, 2.75) is 46.7 Å². The van der Waals surface area contributed by atoms with E-state index in [9.17, 15) is 9.59 Å². The molecule has 0 aromatic rings. The van der Waals surface area contributed by atoms with Crippen molar-refractivity contribution < 1.29 is 14.7 Å². The van der Waals surface area contributed by atoms with Gasteiger partial charge in [-0.2, -0.15) is 0 Å². The van der Waals surface area contributed by atoms with Crippen molar-refractivity contribution in [3.63, 3.8) is 0 Å². The van der Waals surface area contributed by atoms with E-state index in [1.165, 1.54) is 18.9 Å². The minimum absolute atomic E-state index is 0.0246. The molecule has 0 rings (SSSR count). The number of rotatable bonds is 3. The molecule has 0 aliphatic rings. The first kappa shape index (κ1) is 14.7. The molecule has 0 saturated carbocycles. The van der Waals surface area contributed by atoms with Crippen LogP contribution in [0, 0.1) is 5.41 Å². The SMILES string of the molecule is CC(C(=O)O)N(C)C(=O)NC(C)C(C)(C)C. The summed E-state index contributed by atoms with van der Waals surface area (Å²) in [4.78, 5) is 23.6. The Hall–Kier alpha value is -1.26. The summed E-state index contributed by atoms with van der Waals surface area (Å²) in [5.74, 6) is -1.01. The average Bonchev–Trinajstić information content (AvgIpc) is 2.13. The smallest absolute Gasteiger partial charge is 0.326 e. The van der Waals surface area contributed by atoms with Crippen molar-refractivity contribution in [2.24, 2.45) is 5.41 Å². The quantitative estimate of drug-likeness (QED) is 0.772. The van der Waals surface area contributed by atoms with Crippen LogP contribution in [-0.2, 0) is 4.79 Å². The number of likely N-dealkylation sites (N-methyl/N-ethyl adjacent to an activating group) is 1. The molecule has 0 saturated heterocycles. The zero-order chi connectivity index (χ0) is 13.1. The molecular formula is C11H22N2O3. The maximum atomic E-state index is 11.7. The van der Waals surface area contributed by atoms with Crippen LogP contribution >= 0.6 is 0 Å². The number of amides is 2. The summed E-state index contributed by atoms with van der Waals surface area (Å²) in [6, 6.07) is -1.21. The number of urea groups is 1. The van der Waals surface area contributed by atoms with Crippen molar-refractivity contribution in [3.8, 4) is 0 Å². The topological polar surface area (TPSA) is 69.6 Å². The number of nitrogens with zero attached hydrogens (tertiary/aromatic N) is 1. The van der Waals surface area contributed by atoms with Gasteiger partial charge in [0, 0.05) is 13.1 Å². The Bertz CT molecular complexity index is 271. The predicted octanol–water partition coefficient (Wildman–Crippen LogP) is 1.54. The van der Waals surface area contributed by atoms with Crippen LogP contribution in [0.1, 0.15) is 34.6 Å². The fraction of sp³-hybridized carbons (Fsp3) is 0.818. The zero-order valence-electron chi connectivity index (χ0n) is 10.9. The lowest BCUT2D eigenvalue weighted by molar-refractivity contribution is -0.141. The molecule has 94 valence electrons. The number of carboxylic acids is 1. The van der Waals surface area contributed by atoms with E-state index in [0.29, 0.717) is 0 Å². The number of carbonyl (C=O) groups is 2. The van der Waals surface area contributed by atoms with Crippen molar-refractivity contribution in [1.82, 2.24) is 10.2 Å². The highest BCUT2D eigenvalue weighted by molar-refractivity contribution is 5.82. The third kappa shape index (κ3) is 4.08. The number of aliphatic carboxylic acids is 1. The van der Waals surface area contributed by atoms with Crippen LogP contribution in [0.25, 0.3) is 0 Å². The van der Waals surface area contributed by atoms with Gasteiger partial charge in [-0.1, -0.05) is 20.8 Å². The van der Waals surface area contributed by atoms with Crippen LogP contribution < -0.4 is 5.32 Å². The molecule has 0 radical (unpaired) electrons. The lowest BCUT2D eigenvalue weighted by Crippen LogP contribution is -2.51. The van der Waals surface area contributed by atoms with E-state index in [-0.39, 0.29) is 17.5 Å². The highest BCUT2D eigenvalue weighted by atomic mass is 16.4. The monoisotopic (exact) mass is 230 g/mol. The lowest BCUT2D eigenvalue weighted by atomic mass is 9.88. The second kappa shape index (κ2) is 5.18. The fourth-order valence-corrected chi connectivity index (χ4v) is 0.845. The highest BCUT2D eigenvalue weighted by Gasteiger charge is 2.26. The zero-order valence-corrected chi connectivity index (χ0v) is 10.9. The Morgan fingerprint density at radius 2 is 1.69 bits per heavy atom. The van der Waals surface area contributed by atoms with Gasteiger partial charge in [0.15, 0.2) is 0 Å². The third-order valence-electron chi connectivity index (χ3n) is 2.90. The average molecular weight is 230 g/mol. The van der Waals surface area contributed by atoms with Crippen LogP contribution in [-0.4, -0.2) is 41.1 Å². The molecule has 0 aromatic heterocycles. The van der Waals surface area contributed by atoms with Crippen LogP contribution in [0.2, 0.25) is 0 Å². The normalized spacial score (nSPS) is 15.1. The molecule has 5 heteroatoms. The maximum absolute atomic E-state index is 11.7. The molecule has 2 atom stereocenters. The Kier molecular flexibility index (Phi) is 4.78. The van der Waals surface area contributed by atoms with Gasteiger partial charge >= 0.3 is 12.0 Å². The largest absolute Gasteiger partial charge is 0.480 e. The standard InChI is InChI=1S/C11H22N2O3/c1-7(9(14)15)13(6)10(16)12-8(2)11(3,4)5/h7-8H,1-6H3,(H,12,16)(H,14,15). The molecule has 0 spiro atoms. The van der Waals surface area contributed by atoms with Gasteiger partial charge in [0.2, 0.25) is 0 Å². The summed E-state index contributed by atoms with van der Waals surface area (Å²) in [6.45, 7) is 9.41. The molecule has 5 nitrogen and oxygen atoms in total. The Morgan fingerprint density at radius 1 is 1.25 bits per heavy atom. The Balaban J connectivity index is 4.43. The summed E-state index contributed by atoms with van der Waals surface area (Å²) < 4.78 is 0. The summed E-state index contributed by atoms with van der Waals surface area (Å²) in [7, 11) is 1.48. The first-order chi connectivity index (χ1) is 7.07. The van der Waals surface area contributed by atoms with Crippen molar-refractivity contribution in [1.29, 1.82) is 0 Å². The van der Waals surface area contributed by atoms with Gasteiger partial charge in [-0.25, -0.2) is 9.59 Å². The number of nitrogens with one attached hydrogen (secondary N) is 1. The van der Waals surface area contributed by atoms with Gasteiger partial charge in [-0.15, -0.1) is 0 Å². The minimum atomic E-state index is -1.01. The third-order valence-corrected chi connectivity index (χ3v) is 2.90. The summed E-state index contributed by atoms with van der Waals surface area (Å²) >= 11 is 0. The molecule has 2 unspecified atom stereocenters. The van der Waals surface area contributed by atoms with E-state index < -0.39 is 12.0 Å². The second-order valence-corrected chi connectivity index (χ2v) is 5.16. The van der Waals surface area contributed by atoms with E-state index in [4.69, 9.17) is 5.11 Å². The minimum Gasteiger partial charge on any atom is -0.480 e. The first-order valence-corrected chi connectivity index (χ1v) is 5.33. The van der Waals surface area contributed by atoms with Crippen molar-refractivity contribution in [3.05, 3.63) is 0 Å². The van der Waals surface area contributed by atoms with E-state index in [1.807, 2.05) is 27.7 Å². The van der Waals surface area contributed by atoms with Crippen molar-refractivity contribution >= 4 is 12.0 Å². The van der Waals surface area contributed by atoms with E-state index in [1.54, 1.807) is 0 Å². The molecule has 0 fully saturated rings. The van der Waals surface area contributed by atoms with Crippen LogP contribution in [0.5, 0.6) is 0 Å². The Labute approximate surface area is 96.8 Å².